The molecule has 0 aliphatic carbocycles. The van der Waals surface area contributed by atoms with Crippen molar-refractivity contribution in [3.8, 4) is 28.9 Å². The Labute approximate surface area is 113 Å². The van der Waals surface area contributed by atoms with E-state index in [1.54, 1.807) is 0 Å². The van der Waals surface area contributed by atoms with E-state index in [-0.39, 0.29) is 23.0 Å². The van der Waals surface area contributed by atoms with Gasteiger partial charge in [-0.3, -0.25) is 4.79 Å². The Morgan fingerprint density at radius 3 is 2.20 bits per heavy atom. The highest BCUT2D eigenvalue weighted by Crippen LogP contribution is 2.47. The van der Waals surface area contributed by atoms with Crippen molar-refractivity contribution in [3.63, 3.8) is 0 Å². The number of nitrogens with zero attached hydrogens (tertiary/aromatic N) is 1. The van der Waals surface area contributed by atoms with Crippen molar-refractivity contribution < 1.29 is 25.2 Å². The zero-order valence-electron chi connectivity index (χ0n) is 10.5. The summed E-state index contributed by atoms with van der Waals surface area (Å²) in [5.74, 6) is -3.52. The first-order chi connectivity index (χ1) is 9.32. The number of aromatic hydroxyl groups is 4. The Morgan fingerprint density at radius 2 is 1.70 bits per heavy atom. The number of nitrogens with two attached hydrogens (primary N) is 1. The van der Waals surface area contributed by atoms with Crippen LogP contribution in [-0.2, 0) is 4.79 Å². The minimum Gasteiger partial charge on any atom is -0.500 e. The van der Waals surface area contributed by atoms with Gasteiger partial charge in [0.1, 0.15) is 0 Å². The van der Waals surface area contributed by atoms with E-state index in [4.69, 9.17) is 5.73 Å². The van der Waals surface area contributed by atoms with E-state index in [1.807, 2.05) is 0 Å². The molecule has 0 spiro atoms. The summed E-state index contributed by atoms with van der Waals surface area (Å²) in [6.45, 7) is 1.30. The number of hydrogen-bond donors (Lipinski definition) is 6. The van der Waals surface area contributed by atoms with Gasteiger partial charge >= 0.3 is 0 Å². The van der Waals surface area contributed by atoms with Crippen LogP contribution in [0.2, 0.25) is 0 Å². The third-order valence-electron chi connectivity index (χ3n) is 2.68. The molecule has 1 heterocycles. The second-order valence-electron chi connectivity index (χ2n) is 4.13. The fourth-order valence-electron chi connectivity index (χ4n) is 1.75. The normalized spacial score (nSPS) is 10.4. The van der Waals surface area contributed by atoms with Crippen molar-refractivity contribution in [1.29, 1.82) is 0 Å². The molecule has 1 amide bonds. The van der Waals surface area contributed by atoms with Crippen LogP contribution < -0.4 is 11.1 Å². The van der Waals surface area contributed by atoms with Gasteiger partial charge in [0.2, 0.25) is 29.2 Å². The molecule has 106 valence electrons. The lowest BCUT2D eigenvalue weighted by Gasteiger charge is -2.11. The zero-order valence-corrected chi connectivity index (χ0v) is 10.5. The summed E-state index contributed by atoms with van der Waals surface area (Å²) in [6, 6.07) is 4.24. The van der Waals surface area contributed by atoms with Crippen molar-refractivity contribution in [2.24, 2.45) is 0 Å². The summed E-state index contributed by atoms with van der Waals surface area (Å²) >= 11 is 0. The molecule has 0 atom stereocenters. The lowest BCUT2D eigenvalue weighted by Crippen LogP contribution is -2.08. The molecule has 0 unspecified atom stereocenters. The summed E-state index contributed by atoms with van der Waals surface area (Å²) < 4.78 is 0.801. The van der Waals surface area contributed by atoms with Gasteiger partial charge in [0, 0.05) is 6.92 Å². The summed E-state index contributed by atoms with van der Waals surface area (Å²) in [5, 5.41) is 40.5. The molecule has 0 aliphatic heterocycles. The van der Waals surface area contributed by atoms with E-state index < -0.39 is 23.3 Å². The van der Waals surface area contributed by atoms with Crippen LogP contribution >= 0.6 is 0 Å². The highest BCUT2D eigenvalue weighted by molar-refractivity contribution is 5.92. The van der Waals surface area contributed by atoms with Crippen LogP contribution in [0.15, 0.2) is 18.2 Å². The number of carbonyl (C=O) groups is 1. The average molecular weight is 279 g/mol. The molecule has 8 nitrogen and oxygen atoms in total. The lowest BCUT2D eigenvalue weighted by atomic mass is 10.2. The SMILES string of the molecule is CC(=O)Nc1cc(-n2c(O)c(O)c(O)c2O)ccc1N. The predicted molar refractivity (Wildman–Crippen MR) is 71.1 cm³/mol. The van der Waals surface area contributed by atoms with Gasteiger partial charge in [-0.25, -0.2) is 4.57 Å². The third kappa shape index (κ3) is 2.03. The Kier molecular flexibility index (Phi) is 3.07. The largest absolute Gasteiger partial charge is 0.500 e. The second kappa shape index (κ2) is 4.57. The number of nitrogen functional groups attached to an aromatic ring is 1. The third-order valence-corrected chi connectivity index (χ3v) is 2.68. The summed E-state index contributed by atoms with van der Waals surface area (Å²) in [6.07, 6.45) is 0. The maximum Gasteiger partial charge on any atom is 0.246 e. The lowest BCUT2D eigenvalue weighted by molar-refractivity contribution is -0.114. The number of anilines is 2. The van der Waals surface area contributed by atoms with Crippen molar-refractivity contribution in [1.82, 2.24) is 4.57 Å². The number of carbonyl (C=O) groups excluding carboxylic acids is 1. The molecule has 1 aromatic carbocycles. The average Bonchev–Trinajstić information content (AvgIpc) is 2.57. The highest BCUT2D eigenvalue weighted by atomic mass is 16.4. The fraction of sp³-hybridized carbons (Fsp3) is 0.0833. The highest BCUT2D eigenvalue weighted by Gasteiger charge is 2.23. The van der Waals surface area contributed by atoms with E-state index in [1.165, 1.54) is 25.1 Å². The first-order valence-corrected chi connectivity index (χ1v) is 5.55. The Hall–Kier alpha value is -3.03. The smallest absolute Gasteiger partial charge is 0.246 e. The summed E-state index contributed by atoms with van der Waals surface area (Å²) in [7, 11) is 0. The first kappa shape index (κ1) is 13.4. The van der Waals surface area contributed by atoms with Gasteiger partial charge in [0.25, 0.3) is 0 Å². The van der Waals surface area contributed by atoms with Gasteiger partial charge in [-0.2, -0.15) is 0 Å². The van der Waals surface area contributed by atoms with E-state index >= 15 is 0 Å². The maximum absolute atomic E-state index is 11.1. The molecule has 0 saturated heterocycles. The molecule has 7 N–H and O–H groups in total. The van der Waals surface area contributed by atoms with Gasteiger partial charge in [0.15, 0.2) is 0 Å². The van der Waals surface area contributed by atoms with E-state index in [0.717, 1.165) is 4.57 Å². The van der Waals surface area contributed by atoms with Gasteiger partial charge in [-0.05, 0) is 18.2 Å². The molecule has 0 radical (unpaired) electrons. The zero-order chi connectivity index (χ0) is 15.0. The maximum atomic E-state index is 11.1. The van der Waals surface area contributed by atoms with Crippen LogP contribution in [0.25, 0.3) is 5.69 Å². The minimum absolute atomic E-state index is 0.188. The number of hydrogen-bond acceptors (Lipinski definition) is 6. The predicted octanol–water partition coefficient (Wildman–Crippen LogP) is 0.840. The molecule has 1 aromatic heterocycles. The minimum atomic E-state index is -0.847. The Bertz CT molecular complexity index is 667. The van der Waals surface area contributed by atoms with Crippen LogP contribution in [0.4, 0.5) is 11.4 Å². The Balaban J connectivity index is 2.60. The van der Waals surface area contributed by atoms with Crippen molar-refractivity contribution >= 4 is 17.3 Å². The van der Waals surface area contributed by atoms with Crippen molar-refractivity contribution in [3.05, 3.63) is 18.2 Å². The van der Waals surface area contributed by atoms with Crippen molar-refractivity contribution in [2.45, 2.75) is 6.92 Å². The number of rotatable bonds is 2. The topological polar surface area (TPSA) is 141 Å². The monoisotopic (exact) mass is 279 g/mol. The number of amides is 1. The molecule has 2 rings (SSSR count). The fourth-order valence-corrected chi connectivity index (χ4v) is 1.75. The van der Waals surface area contributed by atoms with Gasteiger partial charge in [-0.15, -0.1) is 0 Å². The standard InChI is InChI=1S/C12H13N3O5/c1-5(16)14-8-4-6(2-3-7(8)13)15-11(19)9(17)10(18)12(15)20/h2-4,17-20H,13H2,1H3,(H,14,16). The van der Waals surface area contributed by atoms with Crippen molar-refractivity contribution in [2.75, 3.05) is 11.1 Å². The number of nitrogens with one attached hydrogen (secondary N) is 1. The number of aromatic nitrogens is 1. The molecule has 0 saturated carbocycles. The molecule has 20 heavy (non-hydrogen) atoms. The van der Waals surface area contributed by atoms with Gasteiger partial charge in [0.05, 0.1) is 17.1 Å². The van der Waals surface area contributed by atoms with Crippen LogP contribution in [0.3, 0.4) is 0 Å². The van der Waals surface area contributed by atoms with Crippen LogP contribution in [0.1, 0.15) is 6.92 Å². The van der Waals surface area contributed by atoms with Crippen LogP contribution in [-0.4, -0.2) is 30.9 Å². The summed E-state index contributed by atoms with van der Waals surface area (Å²) in [5.41, 5.74) is 6.41. The molecular weight excluding hydrogens is 266 g/mol. The summed E-state index contributed by atoms with van der Waals surface area (Å²) in [4.78, 5) is 11.1. The van der Waals surface area contributed by atoms with Crippen LogP contribution in [0.5, 0.6) is 23.3 Å². The molecule has 8 heteroatoms. The molecule has 2 aromatic rings. The molecule has 0 aliphatic rings. The van der Waals surface area contributed by atoms with E-state index in [0.29, 0.717) is 0 Å². The molecule has 0 bridgehead atoms. The number of benzene rings is 1. The molecular formula is C12H13N3O5. The quantitative estimate of drug-likeness (QED) is 0.450. The second-order valence-corrected chi connectivity index (χ2v) is 4.13. The van der Waals surface area contributed by atoms with Gasteiger partial charge < -0.3 is 31.5 Å². The van der Waals surface area contributed by atoms with E-state index in [2.05, 4.69) is 5.32 Å². The Morgan fingerprint density at radius 1 is 1.15 bits per heavy atom. The van der Waals surface area contributed by atoms with E-state index in [9.17, 15) is 25.2 Å². The van der Waals surface area contributed by atoms with Crippen LogP contribution in [0, 0.1) is 0 Å². The van der Waals surface area contributed by atoms with Gasteiger partial charge in [-0.1, -0.05) is 0 Å². The molecule has 0 fully saturated rings. The first-order valence-electron chi connectivity index (χ1n) is 5.55.